The van der Waals surface area contributed by atoms with Gasteiger partial charge in [0.05, 0.1) is 18.0 Å². The zero-order valence-corrected chi connectivity index (χ0v) is 16.0. The number of carbonyl (C=O) groups excluding carboxylic acids is 2. The van der Waals surface area contributed by atoms with E-state index in [1.165, 1.54) is 22.9 Å². The Labute approximate surface area is 159 Å². The van der Waals surface area contributed by atoms with Gasteiger partial charge in [-0.3, -0.25) is 14.5 Å². The Hall–Kier alpha value is -2.31. The molecule has 138 valence electrons. The van der Waals surface area contributed by atoms with Crippen molar-refractivity contribution in [3.8, 4) is 0 Å². The Balaban J connectivity index is 1.99. The molecule has 2 aromatic carbocycles. The molecule has 0 aliphatic carbocycles. The van der Waals surface area contributed by atoms with Gasteiger partial charge in [-0.05, 0) is 36.7 Å². The zero-order valence-electron chi connectivity index (χ0n) is 15.2. The molecule has 3 N–H and O–H groups in total. The minimum atomic E-state index is -0.383. The fraction of sp³-hybridized carbons (Fsp3) is 0.300. The molecule has 0 bridgehead atoms. The third kappa shape index (κ3) is 6.20. The number of hydrogen-bond donors (Lipinski definition) is 2. The van der Waals surface area contributed by atoms with Gasteiger partial charge in [-0.25, -0.2) is 0 Å². The standard InChI is InChI=1S/C20H25N3O2S/c1-3-23(12-16-9-5-4-8-15(16)2)13-20(25)22-17-10-6-7-11-18(17)26-14-19(21)24/h4-11H,3,12-14H2,1-2H3,(H2,21,24)(H,22,25). The lowest BCUT2D eigenvalue weighted by atomic mass is 10.1. The normalized spacial score (nSPS) is 10.7. The number of anilines is 1. The number of aryl methyl sites for hydroxylation is 1. The van der Waals surface area contributed by atoms with Gasteiger partial charge < -0.3 is 11.1 Å². The van der Waals surface area contributed by atoms with Crippen LogP contribution < -0.4 is 11.1 Å². The van der Waals surface area contributed by atoms with Crippen molar-refractivity contribution in [1.82, 2.24) is 4.90 Å². The van der Waals surface area contributed by atoms with E-state index >= 15 is 0 Å². The van der Waals surface area contributed by atoms with Gasteiger partial charge in [0, 0.05) is 11.4 Å². The number of carbonyl (C=O) groups is 2. The van der Waals surface area contributed by atoms with Crippen LogP contribution in [0.25, 0.3) is 0 Å². The first-order valence-electron chi connectivity index (χ1n) is 8.56. The molecule has 2 rings (SSSR count). The van der Waals surface area contributed by atoms with Crippen LogP contribution in [0.1, 0.15) is 18.1 Å². The van der Waals surface area contributed by atoms with Gasteiger partial charge in [-0.1, -0.05) is 43.3 Å². The van der Waals surface area contributed by atoms with Crippen LogP contribution in [0, 0.1) is 6.92 Å². The summed E-state index contributed by atoms with van der Waals surface area (Å²) in [4.78, 5) is 26.4. The van der Waals surface area contributed by atoms with E-state index in [4.69, 9.17) is 5.73 Å². The lowest BCUT2D eigenvalue weighted by molar-refractivity contribution is -0.117. The van der Waals surface area contributed by atoms with E-state index in [1.54, 1.807) is 0 Å². The van der Waals surface area contributed by atoms with Crippen LogP contribution in [-0.2, 0) is 16.1 Å². The summed E-state index contributed by atoms with van der Waals surface area (Å²) in [5.41, 5.74) is 8.36. The van der Waals surface area contributed by atoms with Crippen LogP contribution in [0.5, 0.6) is 0 Å². The maximum absolute atomic E-state index is 12.5. The molecule has 0 saturated carbocycles. The van der Waals surface area contributed by atoms with Gasteiger partial charge in [0.15, 0.2) is 0 Å². The summed E-state index contributed by atoms with van der Waals surface area (Å²) in [5.74, 6) is -0.277. The maximum atomic E-state index is 12.5. The van der Waals surface area contributed by atoms with Crippen molar-refractivity contribution in [3.05, 3.63) is 59.7 Å². The van der Waals surface area contributed by atoms with Crippen molar-refractivity contribution >= 4 is 29.3 Å². The predicted molar refractivity (Wildman–Crippen MR) is 107 cm³/mol. The highest BCUT2D eigenvalue weighted by Crippen LogP contribution is 2.26. The van der Waals surface area contributed by atoms with Gasteiger partial charge in [0.2, 0.25) is 11.8 Å². The molecular formula is C20H25N3O2S. The first kappa shape index (κ1) is 20.0. The number of rotatable bonds is 9. The summed E-state index contributed by atoms with van der Waals surface area (Å²) in [6, 6.07) is 15.6. The van der Waals surface area contributed by atoms with Gasteiger partial charge >= 0.3 is 0 Å². The highest BCUT2D eigenvalue weighted by molar-refractivity contribution is 8.00. The van der Waals surface area contributed by atoms with Crippen molar-refractivity contribution in [3.63, 3.8) is 0 Å². The molecule has 6 heteroatoms. The number of para-hydroxylation sites is 1. The second-order valence-electron chi connectivity index (χ2n) is 6.03. The second-order valence-corrected chi connectivity index (χ2v) is 7.05. The van der Waals surface area contributed by atoms with Crippen LogP contribution in [0.15, 0.2) is 53.4 Å². The van der Waals surface area contributed by atoms with E-state index < -0.39 is 0 Å². The second kappa shape index (κ2) is 9.99. The van der Waals surface area contributed by atoms with Gasteiger partial charge in [0.25, 0.3) is 0 Å². The number of nitrogens with one attached hydrogen (secondary N) is 1. The molecule has 0 aliphatic rings. The maximum Gasteiger partial charge on any atom is 0.238 e. The average molecular weight is 372 g/mol. The quantitative estimate of drug-likeness (QED) is 0.665. The summed E-state index contributed by atoms with van der Waals surface area (Å²) >= 11 is 1.32. The molecule has 0 spiro atoms. The van der Waals surface area contributed by atoms with Crippen LogP contribution in [0.3, 0.4) is 0 Å². The highest BCUT2D eigenvalue weighted by Gasteiger charge is 2.13. The largest absolute Gasteiger partial charge is 0.369 e. The monoisotopic (exact) mass is 371 g/mol. The number of nitrogens with zero attached hydrogens (tertiary/aromatic N) is 1. The number of benzene rings is 2. The van der Waals surface area contributed by atoms with Gasteiger partial charge in [-0.15, -0.1) is 11.8 Å². The lowest BCUT2D eigenvalue weighted by Crippen LogP contribution is -2.33. The van der Waals surface area contributed by atoms with E-state index in [1.807, 2.05) is 43.3 Å². The predicted octanol–water partition coefficient (Wildman–Crippen LogP) is 3.03. The molecule has 5 nitrogen and oxygen atoms in total. The van der Waals surface area contributed by atoms with Gasteiger partial charge in [0.1, 0.15) is 0 Å². The first-order valence-corrected chi connectivity index (χ1v) is 9.55. The van der Waals surface area contributed by atoms with Crippen LogP contribution in [0.2, 0.25) is 0 Å². The summed E-state index contributed by atoms with van der Waals surface area (Å²) in [6.07, 6.45) is 0. The van der Waals surface area contributed by atoms with E-state index in [-0.39, 0.29) is 17.6 Å². The Bertz CT molecular complexity index is 764. The molecule has 0 aliphatic heterocycles. The van der Waals surface area contributed by atoms with Gasteiger partial charge in [-0.2, -0.15) is 0 Å². The number of nitrogens with two attached hydrogens (primary N) is 1. The van der Waals surface area contributed by atoms with Crippen molar-refractivity contribution in [2.75, 3.05) is 24.2 Å². The molecular weight excluding hydrogens is 346 g/mol. The minimum absolute atomic E-state index is 0.0763. The number of hydrogen-bond acceptors (Lipinski definition) is 4. The Kier molecular flexibility index (Phi) is 7.69. The van der Waals surface area contributed by atoms with Crippen molar-refractivity contribution in [1.29, 1.82) is 0 Å². The zero-order chi connectivity index (χ0) is 18.9. The molecule has 2 amide bonds. The fourth-order valence-corrected chi connectivity index (χ4v) is 3.29. The topological polar surface area (TPSA) is 75.4 Å². The minimum Gasteiger partial charge on any atom is -0.369 e. The van der Waals surface area contributed by atoms with Crippen molar-refractivity contribution in [2.45, 2.75) is 25.3 Å². The van der Waals surface area contributed by atoms with E-state index in [9.17, 15) is 9.59 Å². The van der Waals surface area contributed by atoms with Crippen molar-refractivity contribution < 1.29 is 9.59 Å². The van der Waals surface area contributed by atoms with E-state index in [0.717, 1.165) is 18.0 Å². The molecule has 0 aromatic heterocycles. The summed E-state index contributed by atoms with van der Waals surface area (Å²) in [6.45, 7) is 5.94. The van der Waals surface area contributed by atoms with Crippen LogP contribution in [0.4, 0.5) is 5.69 Å². The molecule has 0 radical (unpaired) electrons. The summed E-state index contributed by atoms with van der Waals surface area (Å²) < 4.78 is 0. The smallest absolute Gasteiger partial charge is 0.238 e. The van der Waals surface area contributed by atoms with Crippen molar-refractivity contribution in [2.24, 2.45) is 5.73 Å². The van der Waals surface area contributed by atoms with E-state index in [2.05, 4.69) is 29.3 Å². The molecule has 0 atom stereocenters. The van der Waals surface area contributed by atoms with Crippen LogP contribution in [-0.4, -0.2) is 35.6 Å². The summed E-state index contributed by atoms with van der Waals surface area (Å²) in [7, 11) is 0. The highest BCUT2D eigenvalue weighted by atomic mass is 32.2. The number of likely N-dealkylation sites (N-methyl/N-ethyl adjacent to an activating group) is 1. The van der Waals surface area contributed by atoms with E-state index in [0.29, 0.717) is 12.2 Å². The number of amides is 2. The molecule has 0 heterocycles. The van der Waals surface area contributed by atoms with Crippen LogP contribution >= 0.6 is 11.8 Å². The molecule has 0 fully saturated rings. The third-order valence-corrected chi connectivity index (χ3v) is 5.10. The number of primary amides is 1. The Morgan fingerprint density at radius 3 is 2.50 bits per heavy atom. The SMILES string of the molecule is CCN(CC(=O)Nc1ccccc1SCC(N)=O)Cc1ccccc1C. The number of thioether (sulfide) groups is 1. The first-order chi connectivity index (χ1) is 12.5. The Morgan fingerprint density at radius 1 is 1.12 bits per heavy atom. The molecule has 0 unspecified atom stereocenters. The Morgan fingerprint density at radius 2 is 1.81 bits per heavy atom. The molecule has 26 heavy (non-hydrogen) atoms. The third-order valence-electron chi connectivity index (χ3n) is 4.00. The fourth-order valence-electron chi connectivity index (χ4n) is 2.55. The molecule has 0 saturated heterocycles. The average Bonchev–Trinajstić information content (AvgIpc) is 2.62. The summed E-state index contributed by atoms with van der Waals surface area (Å²) in [5, 5.41) is 2.95. The lowest BCUT2D eigenvalue weighted by Gasteiger charge is -2.21. The molecule has 2 aromatic rings.